The molecule has 158 valence electrons. The summed E-state index contributed by atoms with van der Waals surface area (Å²) in [6.45, 7) is 2.41. The van der Waals surface area contributed by atoms with E-state index in [4.69, 9.17) is 16.0 Å². The first kappa shape index (κ1) is 21.2. The van der Waals surface area contributed by atoms with Gasteiger partial charge in [0.05, 0.1) is 4.90 Å². The van der Waals surface area contributed by atoms with Crippen LogP contribution in [0.1, 0.15) is 18.1 Å². The van der Waals surface area contributed by atoms with Crippen LogP contribution in [0.5, 0.6) is 0 Å². The summed E-state index contributed by atoms with van der Waals surface area (Å²) >= 11 is 6.09. The summed E-state index contributed by atoms with van der Waals surface area (Å²) in [5.74, 6) is 0.278. The van der Waals surface area contributed by atoms with Crippen LogP contribution in [0, 0.1) is 0 Å². The molecule has 1 N–H and O–H groups in total. The van der Waals surface area contributed by atoms with Crippen molar-refractivity contribution in [2.24, 2.45) is 0 Å². The Balaban J connectivity index is 1.76. The standard InChI is InChI=1S/C24H21ClN2O3S/c1-2-17-11-13-21(14-12-17)31(28,29)24-23(26-16-18-7-4-3-5-8-18)30-22(27-24)19-9-6-10-20(25)15-19/h3-15,26H,2,16H2,1H3. The van der Waals surface area contributed by atoms with Crippen LogP contribution in [0.3, 0.4) is 0 Å². The van der Waals surface area contributed by atoms with E-state index in [-0.39, 0.29) is 21.7 Å². The van der Waals surface area contributed by atoms with Gasteiger partial charge in [0.25, 0.3) is 0 Å². The molecular weight excluding hydrogens is 432 g/mol. The van der Waals surface area contributed by atoms with Crippen LogP contribution >= 0.6 is 11.6 Å². The molecule has 0 radical (unpaired) electrons. The van der Waals surface area contributed by atoms with Crippen LogP contribution in [0.4, 0.5) is 5.88 Å². The molecule has 4 aromatic rings. The molecule has 0 aliphatic heterocycles. The van der Waals surface area contributed by atoms with Crippen molar-refractivity contribution in [2.75, 3.05) is 5.32 Å². The third-order valence-corrected chi connectivity index (χ3v) is 6.77. The minimum atomic E-state index is -3.90. The number of hydrogen-bond donors (Lipinski definition) is 1. The van der Waals surface area contributed by atoms with Gasteiger partial charge in [0, 0.05) is 17.1 Å². The van der Waals surface area contributed by atoms with Gasteiger partial charge in [0.15, 0.2) is 0 Å². The fraction of sp³-hybridized carbons (Fsp3) is 0.125. The van der Waals surface area contributed by atoms with Crippen molar-refractivity contribution in [3.63, 3.8) is 0 Å². The van der Waals surface area contributed by atoms with Crippen LogP contribution in [-0.4, -0.2) is 13.4 Å². The number of aromatic nitrogens is 1. The van der Waals surface area contributed by atoms with Gasteiger partial charge in [-0.15, -0.1) is 0 Å². The quantitative estimate of drug-likeness (QED) is 0.372. The summed E-state index contributed by atoms with van der Waals surface area (Å²) in [4.78, 5) is 4.51. The molecule has 0 unspecified atom stereocenters. The Bertz CT molecular complexity index is 1280. The highest BCUT2D eigenvalue weighted by Gasteiger charge is 2.28. The number of benzene rings is 3. The molecule has 0 atom stereocenters. The largest absolute Gasteiger partial charge is 0.419 e. The van der Waals surface area contributed by atoms with E-state index < -0.39 is 9.84 Å². The molecule has 0 aliphatic carbocycles. The SMILES string of the molecule is CCc1ccc(S(=O)(=O)c2nc(-c3cccc(Cl)c3)oc2NCc2ccccc2)cc1. The Kier molecular flexibility index (Phi) is 6.11. The fourth-order valence-corrected chi connectivity index (χ4v) is 4.61. The highest BCUT2D eigenvalue weighted by molar-refractivity contribution is 7.91. The van der Waals surface area contributed by atoms with E-state index >= 15 is 0 Å². The first-order chi connectivity index (χ1) is 15.0. The summed E-state index contributed by atoms with van der Waals surface area (Å²) in [5, 5.41) is 3.45. The van der Waals surface area contributed by atoms with E-state index in [2.05, 4.69) is 10.3 Å². The van der Waals surface area contributed by atoms with E-state index in [0.29, 0.717) is 17.1 Å². The van der Waals surface area contributed by atoms with Gasteiger partial charge < -0.3 is 9.73 Å². The maximum absolute atomic E-state index is 13.4. The Labute approximate surface area is 186 Å². The molecule has 1 aromatic heterocycles. The van der Waals surface area contributed by atoms with Gasteiger partial charge in [-0.2, -0.15) is 4.98 Å². The number of nitrogens with zero attached hydrogens (tertiary/aromatic N) is 1. The normalized spacial score (nSPS) is 11.4. The number of oxazole rings is 1. The molecule has 4 rings (SSSR count). The zero-order valence-electron chi connectivity index (χ0n) is 16.9. The van der Waals surface area contributed by atoms with Crippen molar-refractivity contribution < 1.29 is 12.8 Å². The molecular formula is C24H21ClN2O3S. The smallest absolute Gasteiger partial charge is 0.234 e. The van der Waals surface area contributed by atoms with E-state index in [1.54, 1.807) is 36.4 Å². The number of rotatable bonds is 7. The average Bonchev–Trinajstić information content (AvgIpc) is 3.24. The van der Waals surface area contributed by atoms with Gasteiger partial charge in [0.2, 0.25) is 26.6 Å². The van der Waals surface area contributed by atoms with Gasteiger partial charge >= 0.3 is 0 Å². The van der Waals surface area contributed by atoms with Crippen LogP contribution < -0.4 is 5.32 Å². The third-order valence-electron chi connectivity index (χ3n) is 4.86. The van der Waals surface area contributed by atoms with Gasteiger partial charge in [0.1, 0.15) is 0 Å². The van der Waals surface area contributed by atoms with Crippen molar-refractivity contribution in [3.8, 4) is 11.5 Å². The van der Waals surface area contributed by atoms with Gasteiger partial charge in [-0.3, -0.25) is 0 Å². The Morgan fingerprint density at radius 1 is 0.935 bits per heavy atom. The first-order valence-electron chi connectivity index (χ1n) is 9.86. The minimum Gasteiger partial charge on any atom is -0.419 e. The molecule has 3 aromatic carbocycles. The van der Waals surface area contributed by atoms with Crippen molar-refractivity contribution in [1.82, 2.24) is 4.98 Å². The Morgan fingerprint density at radius 3 is 2.35 bits per heavy atom. The van der Waals surface area contributed by atoms with E-state index in [9.17, 15) is 8.42 Å². The monoisotopic (exact) mass is 452 g/mol. The summed E-state index contributed by atoms with van der Waals surface area (Å²) in [6, 6.07) is 23.4. The van der Waals surface area contributed by atoms with Crippen molar-refractivity contribution in [3.05, 3.63) is 95.0 Å². The van der Waals surface area contributed by atoms with Crippen molar-refractivity contribution >= 4 is 27.3 Å². The number of anilines is 1. The highest BCUT2D eigenvalue weighted by atomic mass is 35.5. The highest BCUT2D eigenvalue weighted by Crippen LogP contribution is 2.33. The Morgan fingerprint density at radius 2 is 1.68 bits per heavy atom. The van der Waals surface area contributed by atoms with Crippen LogP contribution in [-0.2, 0) is 22.8 Å². The molecule has 0 spiro atoms. The summed E-state index contributed by atoms with van der Waals surface area (Å²) in [6.07, 6.45) is 0.826. The first-order valence-corrected chi connectivity index (χ1v) is 11.7. The second-order valence-electron chi connectivity index (χ2n) is 7.00. The van der Waals surface area contributed by atoms with Crippen molar-refractivity contribution in [2.45, 2.75) is 29.8 Å². The zero-order valence-corrected chi connectivity index (χ0v) is 18.5. The van der Waals surface area contributed by atoms with Gasteiger partial charge in [-0.1, -0.05) is 67.1 Å². The second kappa shape index (κ2) is 8.96. The molecule has 31 heavy (non-hydrogen) atoms. The lowest BCUT2D eigenvalue weighted by Crippen LogP contribution is -2.07. The lowest BCUT2D eigenvalue weighted by atomic mass is 10.2. The lowest BCUT2D eigenvalue weighted by molar-refractivity contribution is 0.576. The van der Waals surface area contributed by atoms with Crippen LogP contribution in [0.25, 0.3) is 11.5 Å². The molecule has 0 saturated carbocycles. The Hall–Kier alpha value is -3.09. The fourth-order valence-electron chi connectivity index (χ4n) is 3.14. The summed E-state index contributed by atoms with van der Waals surface area (Å²) in [5.41, 5.74) is 2.64. The lowest BCUT2D eigenvalue weighted by Gasteiger charge is -2.07. The molecule has 7 heteroatoms. The number of sulfone groups is 1. The molecule has 1 heterocycles. The van der Waals surface area contributed by atoms with E-state index in [1.807, 2.05) is 49.4 Å². The third kappa shape index (κ3) is 4.65. The van der Waals surface area contributed by atoms with Gasteiger partial charge in [-0.05, 0) is 47.9 Å². The predicted octanol–water partition coefficient (Wildman–Crippen LogP) is 6.00. The number of aryl methyl sites for hydroxylation is 1. The molecule has 0 bridgehead atoms. The maximum Gasteiger partial charge on any atom is 0.234 e. The van der Waals surface area contributed by atoms with E-state index in [0.717, 1.165) is 17.5 Å². The molecule has 0 amide bonds. The number of nitrogens with one attached hydrogen (secondary N) is 1. The number of hydrogen-bond acceptors (Lipinski definition) is 5. The molecule has 5 nitrogen and oxygen atoms in total. The summed E-state index contributed by atoms with van der Waals surface area (Å²) < 4.78 is 32.6. The van der Waals surface area contributed by atoms with Crippen LogP contribution in [0.2, 0.25) is 5.02 Å². The molecule has 0 saturated heterocycles. The summed E-state index contributed by atoms with van der Waals surface area (Å²) in [7, 11) is -3.90. The topological polar surface area (TPSA) is 72.2 Å². The maximum atomic E-state index is 13.4. The van der Waals surface area contributed by atoms with E-state index in [1.165, 1.54) is 0 Å². The van der Waals surface area contributed by atoms with Gasteiger partial charge in [-0.25, -0.2) is 8.42 Å². The van der Waals surface area contributed by atoms with Crippen LogP contribution in [0.15, 0.2) is 93.2 Å². The molecule has 0 fully saturated rings. The minimum absolute atomic E-state index is 0.0957. The van der Waals surface area contributed by atoms with Crippen molar-refractivity contribution in [1.29, 1.82) is 0 Å². The average molecular weight is 453 g/mol. The second-order valence-corrected chi connectivity index (χ2v) is 9.31. The molecule has 0 aliphatic rings. The predicted molar refractivity (Wildman–Crippen MR) is 122 cm³/mol. The number of halogens is 1. The zero-order chi connectivity index (χ0) is 21.8.